The summed E-state index contributed by atoms with van der Waals surface area (Å²) < 4.78 is 6.00. The first-order chi connectivity index (χ1) is 9.08. The van der Waals surface area contributed by atoms with E-state index in [4.69, 9.17) is 10.5 Å². The van der Waals surface area contributed by atoms with Gasteiger partial charge in [-0.2, -0.15) is 0 Å². The summed E-state index contributed by atoms with van der Waals surface area (Å²) in [6, 6.07) is 7.11. The molecule has 0 atom stereocenters. The largest absolute Gasteiger partial charge is 0.457 e. The minimum Gasteiger partial charge on any atom is -0.457 e. The van der Waals surface area contributed by atoms with Gasteiger partial charge in [-0.3, -0.25) is 4.98 Å². The molecule has 0 unspecified atom stereocenters. The third kappa shape index (κ3) is 3.32. The van der Waals surface area contributed by atoms with Gasteiger partial charge in [0.1, 0.15) is 6.61 Å². The fourth-order valence-electron chi connectivity index (χ4n) is 1.62. The second-order valence-corrected chi connectivity index (χ2v) is 5.02. The van der Waals surface area contributed by atoms with Crippen LogP contribution in [0.1, 0.15) is 21.5 Å². The van der Waals surface area contributed by atoms with Crippen molar-refractivity contribution in [3.8, 4) is 0 Å². The van der Waals surface area contributed by atoms with Gasteiger partial charge in [-0.25, -0.2) is 4.79 Å². The standard InChI is InChI=1S/C14H13BrN2O2/c1-9-12(5-11(15)6-13(9)16)14(18)19-8-10-3-2-4-17-7-10/h2-7H,8,16H2,1H3. The molecule has 0 spiro atoms. The van der Waals surface area contributed by atoms with Crippen LogP contribution in [0.4, 0.5) is 5.69 Å². The van der Waals surface area contributed by atoms with Crippen LogP contribution in [0.2, 0.25) is 0 Å². The van der Waals surface area contributed by atoms with Gasteiger partial charge in [0.25, 0.3) is 0 Å². The summed E-state index contributed by atoms with van der Waals surface area (Å²) in [5.41, 5.74) is 8.41. The molecule has 0 amide bonds. The Kier molecular flexibility index (Phi) is 4.16. The first kappa shape index (κ1) is 13.5. The number of carbonyl (C=O) groups excluding carboxylic acids is 1. The van der Waals surface area contributed by atoms with E-state index in [1.54, 1.807) is 37.5 Å². The van der Waals surface area contributed by atoms with Crippen LogP contribution in [0.3, 0.4) is 0 Å². The van der Waals surface area contributed by atoms with Gasteiger partial charge in [0.15, 0.2) is 0 Å². The number of esters is 1. The number of anilines is 1. The minimum absolute atomic E-state index is 0.193. The van der Waals surface area contributed by atoms with Crippen LogP contribution < -0.4 is 5.73 Å². The van der Waals surface area contributed by atoms with Crippen molar-refractivity contribution in [3.63, 3.8) is 0 Å². The van der Waals surface area contributed by atoms with Crippen molar-refractivity contribution >= 4 is 27.6 Å². The third-order valence-corrected chi connectivity index (χ3v) is 3.18. The first-order valence-corrected chi connectivity index (χ1v) is 6.49. The highest BCUT2D eigenvalue weighted by Crippen LogP contribution is 2.23. The molecule has 0 bridgehead atoms. The summed E-state index contributed by atoms with van der Waals surface area (Å²) in [6.07, 6.45) is 3.33. The molecular weight excluding hydrogens is 308 g/mol. The molecule has 1 aromatic carbocycles. The molecule has 5 heteroatoms. The maximum Gasteiger partial charge on any atom is 0.338 e. The summed E-state index contributed by atoms with van der Waals surface area (Å²) >= 11 is 3.31. The number of nitrogen functional groups attached to an aromatic ring is 1. The van der Waals surface area contributed by atoms with E-state index in [0.29, 0.717) is 11.3 Å². The molecule has 2 aromatic rings. The number of pyridine rings is 1. The van der Waals surface area contributed by atoms with Crippen molar-refractivity contribution in [2.45, 2.75) is 13.5 Å². The monoisotopic (exact) mass is 320 g/mol. The Labute approximate surface area is 119 Å². The Hall–Kier alpha value is -1.88. The number of halogens is 1. The molecule has 1 heterocycles. The zero-order valence-corrected chi connectivity index (χ0v) is 12.0. The van der Waals surface area contributed by atoms with Crippen LogP contribution in [-0.4, -0.2) is 11.0 Å². The average molecular weight is 321 g/mol. The van der Waals surface area contributed by atoms with Crippen LogP contribution in [0.25, 0.3) is 0 Å². The smallest absolute Gasteiger partial charge is 0.338 e. The van der Waals surface area contributed by atoms with E-state index in [2.05, 4.69) is 20.9 Å². The van der Waals surface area contributed by atoms with Crippen molar-refractivity contribution in [1.29, 1.82) is 0 Å². The molecule has 2 rings (SSSR count). The number of benzene rings is 1. The van der Waals surface area contributed by atoms with Crippen molar-refractivity contribution in [2.24, 2.45) is 0 Å². The van der Waals surface area contributed by atoms with E-state index in [-0.39, 0.29) is 6.61 Å². The number of aromatic nitrogens is 1. The zero-order valence-electron chi connectivity index (χ0n) is 10.4. The number of ether oxygens (including phenoxy) is 1. The van der Waals surface area contributed by atoms with Gasteiger partial charge >= 0.3 is 5.97 Å². The van der Waals surface area contributed by atoms with E-state index >= 15 is 0 Å². The van der Waals surface area contributed by atoms with Gasteiger partial charge < -0.3 is 10.5 Å². The van der Waals surface area contributed by atoms with Crippen molar-refractivity contribution in [3.05, 3.63) is 57.8 Å². The topological polar surface area (TPSA) is 65.2 Å². The number of hydrogen-bond acceptors (Lipinski definition) is 4. The predicted molar refractivity (Wildman–Crippen MR) is 76.6 cm³/mol. The lowest BCUT2D eigenvalue weighted by atomic mass is 10.1. The minimum atomic E-state index is -0.394. The Bertz CT molecular complexity index is 600. The highest BCUT2D eigenvalue weighted by Gasteiger charge is 2.13. The molecule has 0 saturated carbocycles. The Morgan fingerprint density at radius 2 is 2.26 bits per heavy atom. The molecule has 0 radical (unpaired) electrons. The van der Waals surface area contributed by atoms with E-state index in [0.717, 1.165) is 15.6 Å². The maximum absolute atomic E-state index is 12.0. The summed E-state index contributed by atoms with van der Waals surface area (Å²) in [5.74, 6) is -0.394. The lowest BCUT2D eigenvalue weighted by molar-refractivity contribution is 0.0471. The molecule has 0 aliphatic heterocycles. The first-order valence-electron chi connectivity index (χ1n) is 5.69. The molecule has 19 heavy (non-hydrogen) atoms. The predicted octanol–water partition coefficient (Wildman–Crippen LogP) is 3.09. The molecule has 2 N–H and O–H groups in total. The van der Waals surface area contributed by atoms with Crippen LogP contribution >= 0.6 is 15.9 Å². The van der Waals surface area contributed by atoms with Crippen LogP contribution in [0, 0.1) is 6.92 Å². The SMILES string of the molecule is Cc1c(N)cc(Br)cc1C(=O)OCc1cccnc1. The molecule has 1 aromatic heterocycles. The van der Waals surface area contributed by atoms with Gasteiger partial charge in [0.05, 0.1) is 5.56 Å². The highest BCUT2D eigenvalue weighted by molar-refractivity contribution is 9.10. The maximum atomic E-state index is 12.0. The number of rotatable bonds is 3. The summed E-state index contributed by atoms with van der Waals surface area (Å²) in [7, 11) is 0. The van der Waals surface area contributed by atoms with Crippen molar-refractivity contribution in [2.75, 3.05) is 5.73 Å². The number of hydrogen-bond donors (Lipinski definition) is 1. The fraction of sp³-hybridized carbons (Fsp3) is 0.143. The second kappa shape index (κ2) is 5.84. The number of nitrogens with two attached hydrogens (primary N) is 1. The summed E-state index contributed by atoms with van der Waals surface area (Å²) in [6.45, 7) is 1.99. The van der Waals surface area contributed by atoms with Gasteiger partial charge in [0, 0.05) is 28.1 Å². The van der Waals surface area contributed by atoms with E-state index in [1.165, 1.54) is 0 Å². The van der Waals surface area contributed by atoms with E-state index in [1.807, 2.05) is 6.07 Å². The molecule has 0 saturated heterocycles. The van der Waals surface area contributed by atoms with Crippen LogP contribution in [0.15, 0.2) is 41.1 Å². The molecule has 4 nitrogen and oxygen atoms in total. The average Bonchev–Trinajstić information content (AvgIpc) is 2.41. The number of carbonyl (C=O) groups is 1. The summed E-state index contributed by atoms with van der Waals surface area (Å²) in [4.78, 5) is 16.0. The second-order valence-electron chi connectivity index (χ2n) is 4.10. The van der Waals surface area contributed by atoms with Crippen LogP contribution in [0.5, 0.6) is 0 Å². The van der Waals surface area contributed by atoms with E-state index in [9.17, 15) is 4.79 Å². The third-order valence-electron chi connectivity index (χ3n) is 2.73. The quantitative estimate of drug-likeness (QED) is 0.697. The normalized spacial score (nSPS) is 10.2. The van der Waals surface area contributed by atoms with Crippen molar-refractivity contribution in [1.82, 2.24) is 4.98 Å². The van der Waals surface area contributed by atoms with Gasteiger partial charge in [-0.1, -0.05) is 22.0 Å². The van der Waals surface area contributed by atoms with Gasteiger partial charge in [-0.05, 0) is 30.7 Å². The zero-order chi connectivity index (χ0) is 13.8. The van der Waals surface area contributed by atoms with Crippen LogP contribution in [-0.2, 0) is 11.3 Å². The fourth-order valence-corrected chi connectivity index (χ4v) is 2.10. The molecule has 98 valence electrons. The molecule has 0 aliphatic rings. The lowest BCUT2D eigenvalue weighted by Gasteiger charge is -2.09. The van der Waals surface area contributed by atoms with Gasteiger partial charge in [-0.15, -0.1) is 0 Å². The summed E-state index contributed by atoms with van der Waals surface area (Å²) in [5, 5.41) is 0. The van der Waals surface area contributed by atoms with E-state index < -0.39 is 5.97 Å². The van der Waals surface area contributed by atoms with Crippen molar-refractivity contribution < 1.29 is 9.53 Å². The molecular formula is C14H13BrN2O2. The molecule has 0 fully saturated rings. The lowest BCUT2D eigenvalue weighted by Crippen LogP contribution is -2.08. The molecule has 0 aliphatic carbocycles. The number of nitrogens with zero attached hydrogens (tertiary/aromatic N) is 1. The Morgan fingerprint density at radius 3 is 2.95 bits per heavy atom. The Balaban J connectivity index is 2.13. The Morgan fingerprint density at radius 1 is 1.47 bits per heavy atom. The van der Waals surface area contributed by atoms with Gasteiger partial charge in [0.2, 0.25) is 0 Å². The highest BCUT2D eigenvalue weighted by atomic mass is 79.9.